The number of nitrogens with zero attached hydrogens (tertiary/aromatic N) is 4. The van der Waals surface area contributed by atoms with Gasteiger partial charge in [-0.25, -0.2) is 0 Å². The van der Waals surface area contributed by atoms with Crippen LogP contribution in [0.15, 0.2) is 52.7 Å². The first kappa shape index (κ1) is 20.0. The van der Waals surface area contributed by atoms with Crippen LogP contribution in [0.1, 0.15) is 32.6 Å². The van der Waals surface area contributed by atoms with Crippen molar-refractivity contribution in [3.63, 3.8) is 0 Å². The highest BCUT2D eigenvalue weighted by atomic mass is 16.6. The van der Waals surface area contributed by atoms with E-state index in [1.54, 1.807) is 12.1 Å². The Hall–Kier alpha value is -3.36. The van der Waals surface area contributed by atoms with E-state index in [1.165, 1.54) is 25.3 Å². The van der Waals surface area contributed by atoms with Crippen molar-refractivity contribution >= 4 is 28.4 Å². The Morgan fingerprint density at radius 1 is 0.852 bits per heavy atom. The summed E-state index contributed by atoms with van der Waals surface area (Å²) in [6, 6.07) is 10.7. The number of nitro groups is 2. The number of hydrogen-bond acceptors (Lipinski definition) is 7. The zero-order valence-corrected chi connectivity index (χ0v) is 15.0. The third-order valence-corrected chi connectivity index (χ3v) is 3.86. The molecule has 0 atom stereocenters. The molecule has 2 rings (SSSR count). The van der Waals surface area contributed by atoms with Crippen LogP contribution in [0, 0.1) is 20.2 Å². The van der Waals surface area contributed by atoms with Crippen molar-refractivity contribution in [3.05, 3.63) is 62.7 Å². The van der Waals surface area contributed by atoms with E-state index in [0.29, 0.717) is 5.69 Å². The lowest BCUT2D eigenvalue weighted by Crippen LogP contribution is -2.00. The molecule has 0 radical (unpaired) electrons. The van der Waals surface area contributed by atoms with Gasteiger partial charge in [-0.1, -0.05) is 26.2 Å². The van der Waals surface area contributed by atoms with Gasteiger partial charge in [0.15, 0.2) is 0 Å². The molecule has 0 saturated carbocycles. The Morgan fingerprint density at radius 3 is 2.11 bits per heavy atom. The Morgan fingerprint density at radius 2 is 1.48 bits per heavy atom. The van der Waals surface area contributed by atoms with Gasteiger partial charge in [0.1, 0.15) is 0 Å². The summed E-state index contributed by atoms with van der Waals surface area (Å²) in [5, 5.41) is 33.0. The fourth-order valence-electron chi connectivity index (χ4n) is 2.42. The van der Waals surface area contributed by atoms with Crippen molar-refractivity contribution in [2.24, 2.45) is 10.2 Å². The van der Waals surface area contributed by atoms with Crippen molar-refractivity contribution < 1.29 is 9.85 Å². The number of anilines is 1. The van der Waals surface area contributed by atoms with Crippen molar-refractivity contribution in [2.45, 2.75) is 32.6 Å². The van der Waals surface area contributed by atoms with Gasteiger partial charge < -0.3 is 5.32 Å². The second-order valence-electron chi connectivity index (χ2n) is 5.92. The lowest BCUT2D eigenvalue weighted by Gasteiger charge is -2.05. The number of benzene rings is 2. The average molecular weight is 371 g/mol. The molecule has 0 aromatic heterocycles. The quantitative estimate of drug-likeness (QED) is 0.241. The molecule has 9 nitrogen and oxygen atoms in total. The molecule has 0 aliphatic rings. The summed E-state index contributed by atoms with van der Waals surface area (Å²) < 4.78 is 0. The molecule has 27 heavy (non-hydrogen) atoms. The van der Waals surface area contributed by atoms with Crippen LogP contribution in [0.5, 0.6) is 0 Å². The maximum absolute atomic E-state index is 11.0. The standard InChI is InChI=1S/C18H21N5O4/c1-2-3-4-5-12-19-14-6-8-15(9-7-14)20-21-16-10-11-17(22(24)25)18(13-16)23(26)27/h6-11,13,19H,2-5,12H2,1H3. The third-order valence-electron chi connectivity index (χ3n) is 3.86. The van der Waals surface area contributed by atoms with Gasteiger partial charge in [0.2, 0.25) is 0 Å². The van der Waals surface area contributed by atoms with Gasteiger partial charge in [-0.3, -0.25) is 20.2 Å². The molecule has 0 heterocycles. The number of azo groups is 1. The van der Waals surface area contributed by atoms with E-state index in [1.807, 2.05) is 12.1 Å². The molecule has 0 fully saturated rings. The van der Waals surface area contributed by atoms with Crippen molar-refractivity contribution in [3.8, 4) is 0 Å². The molecule has 2 aromatic rings. The van der Waals surface area contributed by atoms with Crippen LogP contribution < -0.4 is 5.32 Å². The normalized spacial score (nSPS) is 10.9. The van der Waals surface area contributed by atoms with E-state index in [2.05, 4.69) is 22.5 Å². The lowest BCUT2D eigenvalue weighted by molar-refractivity contribution is -0.422. The molecule has 1 N–H and O–H groups in total. The molecule has 9 heteroatoms. The van der Waals surface area contributed by atoms with Gasteiger partial charge in [-0.15, -0.1) is 0 Å². The van der Waals surface area contributed by atoms with Gasteiger partial charge in [0.05, 0.1) is 27.3 Å². The van der Waals surface area contributed by atoms with Gasteiger partial charge >= 0.3 is 11.4 Å². The highest BCUT2D eigenvalue weighted by Gasteiger charge is 2.24. The Bertz CT molecular complexity index is 821. The first-order chi connectivity index (χ1) is 13.0. The first-order valence-corrected chi connectivity index (χ1v) is 8.69. The number of rotatable bonds is 10. The molecule has 0 saturated heterocycles. The van der Waals surface area contributed by atoms with Crippen LogP contribution in [-0.4, -0.2) is 16.4 Å². The predicted molar refractivity (Wildman–Crippen MR) is 103 cm³/mol. The van der Waals surface area contributed by atoms with E-state index in [0.717, 1.165) is 30.8 Å². The molecule has 0 unspecified atom stereocenters. The minimum Gasteiger partial charge on any atom is -0.385 e. The second-order valence-corrected chi connectivity index (χ2v) is 5.92. The maximum atomic E-state index is 11.0. The largest absolute Gasteiger partial charge is 0.385 e. The fourth-order valence-corrected chi connectivity index (χ4v) is 2.42. The Balaban J connectivity index is 2.00. The van der Waals surface area contributed by atoms with E-state index >= 15 is 0 Å². The smallest absolute Gasteiger partial charge is 0.348 e. The van der Waals surface area contributed by atoms with Crippen LogP contribution in [0.3, 0.4) is 0 Å². The predicted octanol–water partition coefficient (Wildman–Crippen LogP) is 5.91. The monoisotopic (exact) mass is 371 g/mol. The number of unbranched alkanes of at least 4 members (excludes halogenated alkanes) is 3. The van der Waals surface area contributed by atoms with E-state index in [9.17, 15) is 20.2 Å². The first-order valence-electron chi connectivity index (χ1n) is 8.69. The van der Waals surface area contributed by atoms with E-state index in [4.69, 9.17) is 0 Å². The lowest BCUT2D eigenvalue weighted by atomic mass is 10.2. The molecular formula is C18H21N5O4. The van der Waals surface area contributed by atoms with Gasteiger partial charge in [-0.2, -0.15) is 10.2 Å². The van der Waals surface area contributed by atoms with Gasteiger partial charge in [0.25, 0.3) is 0 Å². The molecule has 0 aliphatic heterocycles. The zero-order valence-electron chi connectivity index (χ0n) is 15.0. The molecular weight excluding hydrogens is 350 g/mol. The molecule has 142 valence electrons. The summed E-state index contributed by atoms with van der Waals surface area (Å²) in [4.78, 5) is 20.2. The van der Waals surface area contributed by atoms with Crippen molar-refractivity contribution in [1.29, 1.82) is 0 Å². The zero-order chi connectivity index (χ0) is 19.6. The van der Waals surface area contributed by atoms with E-state index < -0.39 is 21.2 Å². The number of nitro benzene ring substituents is 2. The minimum absolute atomic E-state index is 0.172. The van der Waals surface area contributed by atoms with Crippen molar-refractivity contribution in [2.75, 3.05) is 11.9 Å². The van der Waals surface area contributed by atoms with Gasteiger partial charge in [-0.05, 0) is 36.8 Å². The SMILES string of the molecule is CCCCCCNc1ccc(N=Nc2ccc([N+](=O)[O-])c([N+](=O)[O-])c2)cc1. The van der Waals surface area contributed by atoms with Crippen LogP contribution in [0.4, 0.5) is 28.4 Å². The Labute approximate surface area is 156 Å². The maximum Gasteiger partial charge on any atom is 0.348 e. The van der Waals surface area contributed by atoms with Gasteiger partial charge in [0, 0.05) is 18.3 Å². The van der Waals surface area contributed by atoms with Crippen LogP contribution in [-0.2, 0) is 0 Å². The van der Waals surface area contributed by atoms with E-state index in [-0.39, 0.29) is 5.69 Å². The minimum atomic E-state index is -0.807. The number of nitrogens with one attached hydrogen (secondary N) is 1. The molecule has 0 bridgehead atoms. The number of hydrogen-bond donors (Lipinski definition) is 1. The summed E-state index contributed by atoms with van der Waals surface area (Å²) >= 11 is 0. The summed E-state index contributed by atoms with van der Waals surface area (Å²) in [5.74, 6) is 0. The molecule has 2 aromatic carbocycles. The molecule has 0 spiro atoms. The third kappa shape index (κ3) is 6.14. The summed E-state index contributed by atoms with van der Waals surface area (Å²) in [6.45, 7) is 3.09. The van der Waals surface area contributed by atoms with Crippen LogP contribution >= 0.6 is 0 Å². The second kappa shape index (κ2) is 9.95. The highest BCUT2D eigenvalue weighted by molar-refractivity contribution is 5.60. The average Bonchev–Trinajstić information content (AvgIpc) is 2.66. The summed E-state index contributed by atoms with van der Waals surface area (Å²) in [5.41, 5.74) is 0.543. The highest BCUT2D eigenvalue weighted by Crippen LogP contribution is 2.31. The van der Waals surface area contributed by atoms with Crippen LogP contribution in [0.25, 0.3) is 0 Å². The topological polar surface area (TPSA) is 123 Å². The summed E-state index contributed by atoms with van der Waals surface area (Å²) in [7, 11) is 0. The fraction of sp³-hybridized carbons (Fsp3) is 0.333. The van der Waals surface area contributed by atoms with Crippen molar-refractivity contribution in [1.82, 2.24) is 0 Å². The molecule has 0 aliphatic carbocycles. The Kier molecular flexibility index (Phi) is 7.36. The molecule has 0 amide bonds. The summed E-state index contributed by atoms with van der Waals surface area (Å²) in [6.07, 6.45) is 4.77. The van der Waals surface area contributed by atoms with Crippen LogP contribution in [0.2, 0.25) is 0 Å².